The Labute approximate surface area is 135 Å². The number of halogens is 3. The molecule has 0 aliphatic heterocycles. The van der Waals surface area contributed by atoms with Crippen LogP contribution in [0.15, 0.2) is 0 Å². The minimum atomic E-state index is -5.08. The lowest BCUT2D eigenvalue weighted by Gasteiger charge is -2.09. The van der Waals surface area contributed by atoms with Crippen molar-refractivity contribution in [3.63, 3.8) is 0 Å². The van der Waals surface area contributed by atoms with Crippen LogP contribution in [0, 0.1) is 12.3 Å². The monoisotopic (exact) mass is 356 g/mol. The van der Waals surface area contributed by atoms with Crippen LogP contribution in [0.5, 0.6) is 0 Å². The Morgan fingerprint density at radius 3 is 2.08 bits per heavy atom. The van der Waals surface area contributed by atoms with Crippen molar-refractivity contribution in [3.8, 4) is 12.3 Å². The van der Waals surface area contributed by atoms with Gasteiger partial charge in [-0.2, -0.15) is 13.2 Å². The molecule has 0 fully saturated rings. The molecule has 0 spiro atoms. The fourth-order valence-corrected chi connectivity index (χ4v) is 1.15. The van der Waals surface area contributed by atoms with Crippen LogP contribution in [0.4, 0.5) is 13.2 Å². The Morgan fingerprint density at radius 1 is 1.21 bits per heavy atom. The summed E-state index contributed by atoms with van der Waals surface area (Å²) >= 11 is 0. The summed E-state index contributed by atoms with van der Waals surface area (Å²) in [5.74, 6) is -2.11. The summed E-state index contributed by atoms with van der Waals surface area (Å²) in [6, 6.07) is -0.863. The number of carboxylic acids is 2. The highest BCUT2D eigenvalue weighted by Gasteiger charge is 2.38. The molecular weight excluding hydrogens is 337 g/mol. The van der Waals surface area contributed by atoms with Crippen LogP contribution in [0.25, 0.3) is 0 Å². The van der Waals surface area contributed by atoms with Gasteiger partial charge in [0.05, 0.1) is 0 Å². The van der Waals surface area contributed by atoms with Crippen LogP contribution >= 0.6 is 0 Å². The van der Waals surface area contributed by atoms with E-state index in [1.165, 1.54) is 0 Å². The van der Waals surface area contributed by atoms with Crippen LogP contribution in [-0.2, 0) is 14.4 Å². The molecule has 1 unspecified atom stereocenters. The molecule has 0 saturated heterocycles. The minimum Gasteiger partial charge on any atom is -0.480 e. The van der Waals surface area contributed by atoms with Crippen LogP contribution in [0.1, 0.15) is 25.7 Å². The maximum Gasteiger partial charge on any atom is 0.490 e. The summed E-state index contributed by atoms with van der Waals surface area (Å²) in [7, 11) is 0. The Kier molecular flexibility index (Phi) is 12.1. The zero-order valence-corrected chi connectivity index (χ0v) is 12.5. The van der Waals surface area contributed by atoms with Gasteiger partial charge in [0.15, 0.2) is 0 Å². The first-order valence-corrected chi connectivity index (χ1v) is 6.61. The van der Waals surface area contributed by atoms with Crippen LogP contribution in [0.3, 0.4) is 0 Å². The second-order valence-corrected chi connectivity index (χ2v) is 4.46. The number of carbonyl (C=O) groups excluding carboxylic acids is 1. The van der Waals surface area contributed by atoms with Crippen molar-refractivity contribution >= 4 is 17.8 Å². The lowest BCUT2D eigenvalue weighted by molar-refractivity contribution is -0.192. The quantitative estimate of drug-likeness (QED) is 0.296. The number of nitrogens with one attached hydrogen (secondary N) is 1. The minimum absolute atomic E-state index is 0.0181. The van der Waals surface area contributed by atoms with E-state index in [2.05, 4.69) is 11.2 Å². The molecule has 2 atom stereocenters. The molecule has 0 bridgehead atoms. The number of aliphatic hydroxyl groups is 1. The van der Waals surface area contributed by atoms with E-state index in [0.29, 0.717) is 25.8 Å². The van der Waals surface area contributed by atoms with E-state index < -0.39 is 36.2 Å². The van der Waals surface area contributed by atoms with Gasteiger partial charge in [-0.1, -0.05) is 0 Å². The molecular formula is C13H19F3N2O6. The predicted octanol–water partition coefficient (Wildman–Crippen LogP) is -0.298. The van der Waals surface area contributed by atoms with Gasteiger partial charge >= 0.3 is 18.1 Å². The summed E-state index contributed by atoms with van der Waals surface area (Å²) in [5, 5.41) is 27.3. The molecule has 11 heteroatoms. The van der Waals surface area contributed by atoms with Crippen LogP contribution in [-0.4, -0.2) is 58.0 Å². The predicted molar refractivity (Wildman–Crippen MR) is 75.6 cm³/mol. The zero-order chi connectivity index (χ0) is 19.3. The van der Waals surface area contributed by atoms with Gasteiger partial charge in [-0.25, -0.2) is 4.79 Å². The number of carbonyl (C=O) groups is 3. The van der Waals surface area contributed by atoms with Gasteiger partial charge in [-0.3, -0.25) is 9.59 Å². The molecule has 0 aromatic heterocycles. The molecule has 0 aromatic carbocycles. The van der Waals surface area contributed by atoms with E-state index in [1.54, 1.807) is 0 Å². The number of rotatable bonds is 8. The van der Waals surface area contributed by atoms with E-state index in [4.69, 9.17) is 27.2 Å². The summed E-state index contributed by atoms with van der Waals surface area (Å²) in [5.41, 5.74) is 5.30. The Morgan fingerprint density at radius 2 is 1.71 bits per heavy atom. The largest absolute Gasteiger partial charge is 0.490 e. The highest BCUT2D eigenvalue weighted by atomic mass is 19.4. The lowest BCUT2D eigenvalue weighted by Crippen LogP contribution is -2.35. The SMILES string of the molecule is C#CCC(O)C(=O)NCCCC[C@H](N)C(=O)O.O=C(O)C(F)(F)F. The topological polar surface area (TPSA) is 150 Å². The molecule has 138 valence electrons. The first kappa shape index (κ1) is 23.9. The Balaban J connectivity index is 0. The molecule has 8 nitrogen and oxygen atoms in total. The number of aliphatic carboxylic acids is 2. The summed E-state index contributed by atoms with van der Waals surface area (Å²) in [4.78, 5) is 30.4. The number of terminal acetylenes is 1. The number of unbranched alkanes of at least 4 members (excludes halogenated alkanes) is 1. The van der Waals surface area contributed by atoms with Gasteiger partial charge < -0.3 is 26.4 Å². The van der Waals surface area contributed by atoms with Crippen LogP contribution < -0.4 is 11.1 Å². The Hall–Kier alpha value is -2.32. The number of amides is 1. The number of hydrogen-bond donors (Lipinski definition) is 5. The first-order valence-electron chi connectivity index (χ1n) is 6.61. The average molecular weight is 356 g/mol. The van der Waals surface area contributed by atoms with E-state index in [1.807, 2.05) is 0 Å². The number of carboxylic acid groups (broad SMARTS) is 2. The van der Waals surface area contributed by atoms with Gasteiger partial charge in [0.25, 0.3) is 0 Å². The van der Waals surface area contributed by atoms with Gasteiger partial charge in [0, 0.05) is 13.0 Å². The van der Waals surface area contributed by atoms with Crippen molar-refractivity contribution in [2.24, 2.45) is 5.73 Å². The van der Waals surface area contributed by atoms with E-state index in [0.717, 1.165) is 0 Å². The van der Waals surface area contributed by atoms with E-state index >= 15 is 0 Å². The van der Waals surface area contributed by atoms with Crippen molar-refractivity contribution in [1.82, 2.24) is 5.32 Å². The number of aliphatic hydroxyl groups excluding tert-OH is 1. The lowest BCUT2D eigenvalue weighted by atomic mass is 10.1. The summed E-state index contributed by atoms with van der Waals surface area (Å²) in [6.07, 6.45) is 0.227. The first-order chi connectivity index (χ1) is 10.9. The molecule has 1 amide bonds. The second kappa shape index (κ2) is 12.1. The van der Waals surface area contributed by atoms with E-state index in [-0.39, 0.29) is 6.42 Å². The average Bonchev–Trinajstić information content (AvgIpc) is 2.46. The maximum atomic E-state index is 11.2. The molecule has 0 saturated carbocycles. The van der Waals surface area contributed by atoms with Crippen LogP contribution in [0.2, 0.25) is 0 Å². The number of hydrogen-bond acceptors (Lipinski definition) is 5. The summed E-state index contributed by atoms with van der Waals surface area (Å²) in [6.45, 7) is 0.368. The second-order valence-electron chi connectivity index (χ2n) is 4.46. The van der Waals surface area contributed by atoms with Gasteiger partial charge in [0.2, 0.25) is 5.91 Å². The standard InChI is InChI=1S/C11H18N2O4.C2HF3O2/c1-2-5-9(14)10(15)13-7-4-3-6-8(12)11(16)17;3-2(4,5)1(6)7/h1,8-9,14H,3-7,12H2,(H,13,15)(H,16,17);(H,6,7)/t8-,9?;/m0./s1. The molecule has 0 aliphatic carbocycles. The highest BCUT2D eigenvalue weighted by Crippen LogP contribution is 2.13. The maximum absolute atomic E-state index is 11.2. The Bertz CT molecular complexity index is 462. The molecule has 0 radical (unpaired) electrons. The molecule has 0 aliphatic rings. The normalized spacial score (nSPS) is 12.8. The molecule has 0 heterocycles. The third-order valence-electron chi connectivity index (χ3n) is 2.41. The molecule has 0 aromatic rings. The third-order valence-corrected chi connectivity index (χ3v) is 2.41. The number of nitrogens with two attached hydrogens (primary N) is 1. The van der Waals surface area contributed by atoms with Gasteiger partial charge in [-0.15, -0.1) is 12.3 Å². The highest BCUT2D eigenvalue weighted by molar-refractivity contribution is 5.80. The summed E-state index contributed by atoms with van der Waals surface area (Å²) < 4.78 is 31.7. The third kappa shape index (κ3) is 13.4. The fraction of sp³-hybridized carbons (Fsp3) is 0.615. The van der Waals surface area contributed by atoms with Crippen molar-refractivity contribution in [2.75, 3.05) is 6.54 Å². The molecule has 6 N–H and O–H groups in total. The van der Waals surface area contributed by atoms with E-state index in [9.17, 15) is 27.9 Å². The van der Waals surface area contributed by atoms with Crippen molar-refractivity contribution in [3.05, 3.63) is 0 Å². The fourth-order valence-electron chi connectivity index (χ4n) is 1.15. The van der Waals surface area contributed by atoms with Crippen molar-refractivity contribution < 1.29 is 42.9 Å². The zero-order valence-electron chi connectivity index (χ0n) is 12.5. The van der Waals surface area contributed by atoms with Crippen molar-refractivity contribution in [1.29, 1.82) is 0 Å². The molecule has 24 heavy (non-hydrogen) atoms. The van der Waals surface area contributed by atoms with Gasteiger partial charge in [-0.05, 0) is 19.3 Å². The van der Waals surface area contributed by atoms with Gasteiger partial charge in [0.1, 0.15) is 12.1 Å². The number of alkyl halides is 3. The van der Waals surface area contributed by atoms with Crippen molar-refractivity contribution in [2.45, 2.75) is 44.0 Å². The molecule has 0 rings (SSSR count). The smallest absolute Gasteiger partial charge is 0.480 e.